The molecular weight excluding hydrogens is 498 g/mol. The largest absolute Gasteiger partial charge is 0.494 e. The Morgan fingerprint density at radius 2 is 1.77 bits per heavy atom. The maximum absolute atomic E-state index is 12.8. The Hall–Kier alpha value is -2.44. The van der Waals surface area contributed by atoms with Crippen molar-refractivity contribution in [3.8, 4) is 5.75 Å². The van der Waals surface area contributed by atoms with Gasteiger partial charge in [-0.2, -0.15) is 0 Å². The van der Waals surface area contributed by atoms with Gasteiger partial charge in [-0.3, -0.25) is 30.5 Å². The summed E-state index contributed by atoms with van der Waals surface area (Å²) in [6.45, 7) is 6.36. The van der Waals surface area contributed by atoms with Crippen LogP contribution in [0.3, 0.4) is 0 Å². The lowest BCUT2D eigenvalue weighted by Gasteiger charge is -2.48. The molecule has 216 valence electrons. The molecule has 6 N–H and O–H groups in total. The Bertz CT molecular complexity index is 932. The zero-order valence-corrected chi connectivity index (χ0v) is 22.9. The molecule has 0 spiro atoms. The number of nitrogens with zero attached hydrogens (tertiary/aromatic N) is 2. The fourth-order valence-electron chi connectivity index (χ4n) is 6.37. The number of hydrogen-bond acceptors (Lipinski definition) is 9. The van der Waals surface area contributed by atoms with Gasteiger partial charge < -0.3 is 20.1 Å². The van der Waals surface area contributed by atoms with Gasteiger partial charge in [0, 0.05) is 44.3 Å². The zero-order chi connectivity index (χ0) is 27.0. The molecule has 1 amide bonds. The number of hydrazine groups is 1. The van der Waals surface area contributed by atoms with Crippen LogP contribution in [0.1, 0.15) is 51.4 Å². The number of hydrogen-bond donors (Lipinski definition) is 6. The first kappa shape index (κ1) is 28.1. The van der Waals surface area contributed by atoms with E-state index in [1.165, 1.54) is 25.7 Å². The fourth-order valence-corrected chi connectivity index (χ4v) is 6.37. The first-order valence-electron chi connectivity index (χ1n) is 14.8. The van der Waals surface area contributed by atoms with Crippen LogP contribution in [0.4, 0.5) is 5.69 Å². The molecule has 4 atom stereocenters. The third-order valence-electron chi connectivity index (χ3n) is 8.58. The van der Waals surface area contributed by atoms with Gasteiger partial charge in [0.2, 0.25) is 5.91 Å². The van der Waals surface area contributed by atoms with E-state index in [1.54, 1.807) is 0 Å². The number of carboxylic acids is 1. The molecule has 4 fully saturated rings. The number of rotatable bonds is 10. The summed E-state index contributed by atoms with van der Waals surface area (Å²) in [5.41, 5.74) is 6.79. The van der Waals surface area contributed by atoms with Crippen molar-refractivity contribution in [1.29, 1.82) is 0 Å². The van der Waals surface area contributed by atoms with E-state index >= 15 is 0 Å². The molecule has 11 heteroatoms. The number of fused-ring (bicyclic) bond motifs is 1. The molecule has 4 aliphatic heterocycles. The minimum absolute atomic E-state index is 0.0101. The molecule has 39 heavy (non-hydrogen) atoms. The molecule has 1 aromatic rings. The smallest absolute Gasteiger partial charge is 0.303 e. The van der Waals surface area contributed by atoms with Crippen molar-refractivity contribution in [3.63, 3.8) is 0 Å². The molecule has 0 saturated carbocycles. The quantitative estimate of drug-likeness (QED) is 0.241. The summed E-state index contributed by atoms with van der Waals surface area (Å²) >= 11 is 0. The Kier molecular flexibility index (Phi) is 9.91. The summed E-state index contributed by atoms with van der Waals surface area (Å²) in [6, 6.07) is 8.03. The Balaban J connectivity index is 1.09. The van der Waals surface area contributed by atoms with Gasteiger partial charge in [0.1, 0.15) is 12.0 Å². The average molecular weight is 544 g/mol. The van der Waals surface area contributed by atoms with Crippen LogP contribution in [0.5, 0.6) is 5.75 Å². The number of carbonyl (C=O) groups is 2. The van der Waals surface area contributed by atoms with Crippen LogP contribution in [0.15, 0.2) is 24.3 Å². The van der Waals surface area contributed by atoms with Crippen LogP contribution in [0, 0.1) is 11.8 Å². The highest BCUT2D eigenvalue weighted by atomic mass is 16.5. The highest BCUT2D eigenvalue weighted by molar-refractivity contribution is 5.81. The molecule has 0 aromatic heterocycles. The van der Waals surface area contributed by atoms with Crippen LogP contribution in [0.2, 0.25) is 0 Å². The Labute approximate surface area is 231 Å². The molecule has 0 radical (unpaired) electrons. The van der Waals surface area contributed by atoms with E-state index in [-0.39, 0.29) is 30.3 Å². The summed E-state index contributed by atoms with van der Waals surface area (Å²) in [4.78, 5) is 28.6. The van der Waals surface area contributed by atoms with E-state index in [4.69, 9.17) is 9.84 Å². The van der Waals surface area contributed by atoms with E-state index in [9.17, 15) is 9.59 Å². The van der Waals surface area contributed by atoms with Gasteiger partial charge in [0.05, 0.1) is 18.7 Å². The second-order valence-electron chi connectivity index (χ2n) is 11.4. The number of nitrogens with one attached hydrogen (secondary N) is 5. The molecule has 4 heterocycles. The van der Waals surface area contributed by atoms with E-state index in [1.807, 2.05) is 24.3 Å². The molecule has 0 aliphatic carbocycles. The van der Waals surface area contributed by atoms with Crippen molar-refractivity contribution in [3.05, 3.63) is 24.3 Å². The molecular formula is C28H45N7O4. The lowest BCUT2D eigenvalue weighted by Crippen LogP contribution is -2.76. The van der Waals surface area contributed by atoms with E-state index < -0.39 is 5.97 Å². The minimum Gasteiger partial charge on any atom is -0.494 e. The number of amides is 1. The van der Waals surface area contributed by atoms with Crippen LogP contribution in [0.25, 0.3) is 0 Å². The Morgan fingerprint density at radius 3 is 2.49 bits per heavy atom. The lowest BCUT2D eigenvalue weighted by molar-refractivity contribution is -0.138. The Morgan fingerprint density at radius 1 is 1.03 bits per heavy atom. The lowest BCUT2D eigenvalue weighted by atomic mass is 9.91. The van der Waals surface area contributed by atoms with Gasteiger partial charge in [-0.1, -0.05) is 12.8 Å². The van der Waals surface area contributed by atoms with E-state index in [2.05, 4.69) is 36.6 Å². The topological polar surface area (TPSA) is 130 Å². The number of anilines is 1. The van der Waals surface area contributed by atoms with E-state index in [0.717, 1.165) is 63.4 Å². The van der Waals surface area contributed by atoms with Crippen molar-refractivity contribution in [2.45, 2.75) is 69.9 Å². The van der Waals surface area contributed by atoms with Crippen LogP contribution in [-0.2, 0) is 9.59 Å². The zero-order valence-electron chi connectivity index (χ0n) is 22.9. The normalized spacial score (nSPS) is 29.2. The standard InChI is InChI=1S/C28H45N7O4/c36-24(37)18-20-10-15-34(16-11-20)12-5-17-39-22-8-6-21(7-9-22)30-26-25-23(19-29-33-27(25)38)31-28(32-26)35-13-3-1-2-4-14-35/h6-9,20,23,25-26,28-32H,1-5,10-19H2,(H,33,38)(H,36,37). The van der Waals surface area contributed by atoms with Crippen LogP contribution in [-0.4, -0.2) is 91.2 Å². The van der Waals surface area contributed by atoms with Gasteiger partial charge in [-0.15, -0.1) is 0 Å². The number of ether oxygens (including phenoxy) is 1. The predicted molar refractivity (Wildman–Crippen MR) is 149 cm³/mol. The van der Waals surface area contributed by atoms with E-state index in [0.29, 0.717) is 25.5 Å². The summed E-state index contributed by atoms with van der Waals surface area (Å²) in [5.74, 6) is 0.216. The SMILES string of the molecule is O=C(O)CC1CCN(CCCOc2ccc(NC3NC(N4CCCCCC4)NC4CNNC(=O)C43)cc2)CC1. The maximum Gasteiger partial charge on any atom is 0.303 e. The van der Waals surface area contributed by atoms with Gasteiger partial charge in [0.15, 0.2) is 0 Å². The molecule has 11 nitrogen and oxygen atoms in total. The number of aliphatic carboxylic acids is 1. The van der Waals surface area contributed by atoms with Crippen LogP contribution < -0.4 is 31.5 Å². The monoisotopic (exact) mass is 543 g/mol. The van der Waals surface area contributed by atoms with Crippen molar-refractivity contribution in [2.75, 3.05) is 51.2 Å². The molecule has 4 aliphatic rings. The molecule has 4 saturated heterocycles. The van der Waals surface area contributed by atoms with Crippen molar-refractivity contribution >= 4 is 17.6 Å². The number of carbonyl (C=O) groups excluding carboxylic acids is 1. The summed E-state index contributed by atoms with van der Waals surface area (Å²) in [5, 5.41) is 19.9. The highest BCUT2D eigenvalue weighted by Crippen LogP contribution is 2.24. The predicted octanol–water partition coefficient (Wildman–Crippen LogP) is 1.35. The number of benzene rings is 1. The van der Waals surface area contributed by atoms with Gasteiger partial charge in [-0.05, 0) is 75.4 Å². The molecule has 0 bridgehead atoms. The maximum atomic E-state index is 12.8. The van der Waals surface area contributed by atoms with Crippen molar-refractivity contribution in [2.24, 2.45) is 11.8 Å². The number of carboxylic acid groups (broad SMARTS) is 1. The number of piperidine rings is 1. The summed E-state index contributed by atoms with van der Waals surface area (Å²) in [7, 11) is 0. The number of likely N-dealkylation sites (tertiary alicyclic amines) is 2. The summed E-state index contributed by atoms with van der Waals surface area (Å²) < 4.78 is 5.99. The molecule has 1 aromatic carbocycles. The van der Waals surface area contributed by atoms with Crippen molar-refractivity contribution in [1.82, 2.24) is 31.3 Å². The van der Waals surface area contributed by atoms with Crippen molar-refractivity contribution < 1.29 is 19.4 Å². The second kappa shape index (κ2) is 13.8. The van der Waals surface area contributed by atoms with Gasteiger partial charge in [-0.25, -0.2) is 5.43 Å². The third-order valence-corrected chi connectivity index (χ3v) is 8.58. The summed E-state index contributed by atoms with van der Waals surface area (Å²) in [6.07, 6.45) is 7.96. The molecule has 4 unspecified atom stereocenters. The molecule has 5 rings (SSSR count). The van der Waals surface area contributed by atoms with Gasteiger partial charge >= 0.3 is 5.97 Å². The highest BCUT2D eigenvalue weighted by Gasteiger charge is 2.44. The average Bonchev–Trinajstić information content (AvgIpc) is 3.22. The fraction of sp³-hybridized carbons (Fsp3) is 0.714. The first-order chi connectivity index (χ1) is 19.0. The minimum atomic E-state index is -0.687. The van der Waals surface area contributed by atoms with Crippen LogP contribution >= 0.6 is 0 Å². The third kappa shape index (κ3) is 7.82. The second-order valence-corrected chi connectivity index (χ2v) is 11.4. The first-order valence-corrected chi connectivity index (χ1v) is 14.8. The van der Waals surface area contributed by atoms with Gasteiger partial charge in [0.25, 0.3) is 0 Å².